The summed E-state index contributed by atoms with van der Waals surface area (Å²) in [5.41, 5.74) is 1.24. The topological polar surface area (TPSA) is 79.3 Å². The highest BCUT2D eigenvalue weighted by Crippen LogP contribution is 2.15. The fraction of sp³-hybridized carbons (Fsp3) is 0.389. The van der Waals surface area contributed by atoms with Crippen LogP contribution in [0.4, 0.5) is 5.69 Å². The average molecular weight is 414 g/mol. The quantitative estimate of drug-likeness (QED) is 0.786. The van der Waals surface area contributed by atoms with Gasteiger partial charge in [0.15, 0.2) is 0 Å². The van der Waals surface area contributed by atoms with Crippen molar-refractivity contribution in [3.63, 3.8) is 0 Å². The summed E-state index contributed by atoms with van der Waals surface area (Å²) < 4.78 is 1.85. The van der Waals surface area contributed by atoms with Crippen molar-refractivity contribution in [1.29, 1.82) is 0 Å². The van der Waals surface area contributed by atoms with Gasteiger partial charge in [-0.25, -0.2) is 4.98 Å². The van der Waals surface area contributed by atoms with Gasteiger partial charge in [0, 0.05) is 62.3 Å². The summed E-state index contributed by atoms with van der Waals surface area (Å²) in [4.78, 5) is 30.6. The van der Waals surface area contributed by atoms with E-state index in [4.69, 9.17) is 0 Å². The van der Waals surface area contributed by atoms with E-state index in [0.717, 1.165) is 13.1 Å². The largest absolute Gasteiger partial charge is 0.337 e. The van der Waals surface area contributed by atoms with Crippen molar-refractivity contribution < 1.29 is 9.59 Å². The van der Waals surface area contributed by atoms with E-state index < -0.39 is 0 Å². The highest BCUT2D eigenvalue weighted by molar-refractivity contribution is 5.97. The zero-order valence-corrected chi connectivity index (χ0v) is 16.8. The summed E-state index contributed by atoms with van der Waals surface area (Å²) in [6, 6.07) is 7.29. The molecule has 1 atom stereocenters. The Morgan fingerprint density at radius 2 is 2.15 bits per heavy atom. The second-order valence-electron chi connectivity index (χ2n) is 6.23. The zero-order chi connectivity index (χ0) is 17.6. The van der Waals surface area contributed by atoms with E-state index in [-0.39, 0.29) is 42.7 Å². The third-order valence-electron chi connectivity index (χ3n) is 4.31. The van der Waals surface area contributed by atoms with Gasteiger partial charge in [0.1, 0.15) is 0 Å². The molecule has 1 aliphatic rings. The molecule has 2 amide bonds. The Bertz CT molecular complexity index is 739. The molecular weight excluding hydrogens is 389 g/mol. The lowest BCUT2D eigenvalue weighted by Crippen LogP contribution is -2.52. The number of nitrogens with one attached hydrogen (secondary N) is 2. The van der Waals surface area contributed by atoms with Crippen LogP contribution in [0.3, 0.4) is 0 Å². The van der Waals surface area contributed by atoms with Crippen LogP contribution in [0, 0.1) is 0 Å². The predicted molar refractivity (Wildman–Crippen MR) is 110 cm³/mol. The number of piperazine rings is 1. The van der Waals surface area contributed by atoms with Crippen LogP contribution in [0.1, 0.15) is 23.7 Å². The number of nitrogens with zero attached hydrogens (tertiary/aromatic N) is 3. The molecule has 2 aromatic rings. The van der Waals surface area contributed by atoms with E-state index >= 15 is 0 Å². The molecule has 3 rings (SSSR count). The maximum absolute atomic E-state index is 12.7. The smallest absolute Gasteiger partial charge is 0.254 e. The Balaban J connectivity index is 0.00000182. The first kappa shape index (κ1) is 23.0. The highest BCUT2D eigenvalue weighted by Gasteiger charge is 2.24. The Kier molecular flexibility index (Phi) is 9.28. The van der Waals surface area contributed by atoms with Crippen molar-refractivity contribution >= 4 is 42.3 Å². The first-order valence-corrected chi connectivity index (χ1v) is 8.51. The van der Waals surface area contributed by atoms with Crippen molar-refractivity contribution in [2.75, 3.05) is 25.0 Å². The van der Waals surface area contributed by atoms with Crippen LogP contribution in [0.25, 0.3) is 0 Å². The molecule has 1 aromatic heterocycles. The minimum Gasteiger partial charge on any atom is -0.337 e. The number of amides is 2. The molecule has 0 spiro atoms. The number of anilines is 1. The number of benzene rings is 1. The lowest BCUT2D eigenvalue weighted by atomic mass is 10.1. The Morgan fingerprint density at radius 3 is 2.85 bits per heavy atom. The molecule has 1 fully saturated rings. The molecule has 0 radical (unpaired) electrons. The van der Waals surface area contributed by atoms with Gasteiger partial charge >= 0.3 is 0 Å². The molecule has 0 aliphatic carbocycles. The summed E-state index contributed by atoms with van der Waals surface area (Å²) in [5, 5.41) is 6.13. The van der Waals surface area contributed by atoms with Gasteiger partial charge in [-0.15, -0.1) is 24.8 Å². The number of halogens is 2. The summed E-state index contributed by atoms with van der Waals surface area (Å²) in [7, 11) is 0. The van der Waals surface area contributed by atoms with Crippen LogP contribution in [0.5, 0.6) is 0 Å². The van der Waals surface area contributed by atoms with Crippen LogP contribution in [0.15, 0.2) is 43.0 Å². The molecule has 2 heterocycles. The summed E-state index contributed by atoms with van der Waals surface area (Å²) in [6.45, 7) is 4.91. The minimum atomic E-state index is -0.0890. The van der Waals surface area contributed by atoms with E-state index in [1.807, 2.05) is 22.6 Å². The lowest BCUT2D eigenvalue weighted by molar-refractivity contribution is -0.116. The molecule has 0 unspecified atom stereocenters. The Hall–Kier alpha value is -2.09. The fourth-order valence-electron chi connectivity index (χ4n) is 2.91. The number of aromatic nitrogens is 2. The number of hydrogen-bond donors (Lipinski definition) is 2. The molecule has 2 N–H and O–H groups in total. The Morgan fingerprint density at radius 1 is 1.33 bits per heavy atom. The predicted octanol–water partition coefficient (Wildman–Crippen LogP) is 2.19. The van der Waals surface area contributed by atoms with E-state index in [2.05, 4.69) is 15.6 Å². The van der Waals surface area contributed by atoms with E-state index in [9.17, 15) is 9.59 Å². The first-order valence-electron chi connectivity index (χ1n) is 8.51. The molecule has 0 saturated carbocycles. The van der Waals surface area contributed by atoms with Crippen molar-refractivity contribution in [1.82, 2.24) is 19.8 Å². The van der Waals surface area contributed by atoms with Crippen molar-refractivity contribution in [3.8, 4) is 0 Å². The first-order chi connectivity index (χ1) is 12.1. The molecule has 7 nitrogen and oxygen atoms in total. The van der Waals surface area contributed by atoms with E-state index in [1.54, 1.807) is 36.8 Å². The van der Waals surface area contributed by atoms with E-state index in [0.29, 0.717) is 30.8 Å². The maximum atomic E-state index is 12.7. The monoisotopic (exact) mass is 413 g/mol. The summed E-state index contributed by atoms with van der Waals surface area (Å²) in [6.07, 6.45) is 5.54. The summed E-state index contributed by atoms with van der Waals surface area (Å²) in [5.74, 6) is -0.0858. The van der Waals surface area contributed by atoms with Gasteiger partial charge in [0.25, 0.3) is 5.91 Å². The number of carbonyl (C=O) groups is 2. The van der Waals surface area contributed by atoms with E-state index in [1.165, 1.54) is 0 Å². The molecule has 148 valence electrons. The average Bonchev–Trinajstić information content (AvgIpc) is 3.14. The third-order valence-corrected chi connectivity index (χ3v) is 4.31. The van der Waals surface area contributed by atoms with Gasteiger partial charge in [-0.3, -0.25) is 9.59 Å². The molecular formula is C18H25Cl2N5O2. The Labute approximate surface area is 171 Å². The minimum absolute atomic E-state index is 0. The number of hydrogen-bond acceptors (Lipinski definition) is 4. The van der Waals surface area contributed by atoms with Crippen LogP contribution < -0.4 is 10.6 Å². The van der Waals surface area contributed by atoms with Crippen LogP contribution in [-0.2, 0) is 11.3 Å². The van der Waals surface area contributed by atoms with Crippen LogP contribution >= 0.6 is 24.8 Å². The van der Waals surface area contributed by atoms with Crippen molar-refractivity contribution in [3.05, 3.63) is 48.5 Å². The second kappa shape index (κ2) is 10.9. The lowest BCUT2D eigenvalue weighted by Gasteiger charge is -2.34. The number of imidazole rings is 1. The summed E-state index contributed by atoms with van der Waals surface area (Å²) >= 11 is 0. The number of carbonyl (C=O) groups excluding carboxylic acids is 2. The van der Waals surface area contributed by atoms with Gasteiger partial charge in [-0.2, -0.15) is 0 Å². The molecule has 27 heavy (non-hydrogen) atoms. The highest BCUT2D eigenvalue weighted by atomic mass is 35.5. The van der Waals surface area contributed by atoms with Crippen molar-refractivity contribution in [2.24, 2.45) is 0 Å². The molecule has 9 heteroatoms. The third kappa shape index (κ3) is 6.23. The standard InChI is InChI=1S/C18H23N5O2.2ClH/c1-14-12-19-7-10-23(14)18(25)15-3-2-4-16(11-15)21-17(24)5-8-22-9-6-20-13-22;;/h2-4,6,9,11,13-14,19H,5,7-8,10,12H2,1H3,(H,21,24);2*1H/t14-;;/m0../s1. The van der Waals surface area contributed by atoms with Gasteiger partial charge in [-0.05, 0) is 25.1 Å². The fourth-order valence-corrected chi connectivity index (χ4v) is 2.91. The molecule has 0 bridgehead atoms. The van der Waals surface area contributed by atoms with Crippen molar-refractivity contribution in [2.45, 2.75) is 25.9 Å². The molecule has 1 aromatic carbocycles. The van der Waals surface area contributed by atoms with Crippen LogP contribution in [-0.4, -0.2) is 51.9 Å². The normalized spacial score (nSPS) is 16.0. The molecule has 1 saturated heterocycles. The SMILES string of the molecule is C[C@H]1CNCCN1C(=O)c1cccc(NC(=O)CCn2ccnc2)c1.Cl.Cl. The maximum Gasteiger partial charge on any atom is 0.254 e. The number of rotatable bonds is 5. The molecule has 1 aliphatic heterocycles. The van der Waals surface area contributed by atoms with Gasteiger partial charge < -0.3 is 20.1 Å². The van der Waals surface area contributed by atoms with Crippen LogP contribution in [0.2, 0.25) is 0 Å². The number of aryl methyl sites for hydroxylation is 1. The zero-order valence-electron chi connectivity index (χ0n) is 15.1. The van der Waals surface area contributed by atoms with Gasteiger partial charge in [0.2, 0.25) is 5.91 Å². The second-order valence-corrected chi connectivity index (χ2v) is 6.23. The van der Waals surface area contributed by atoms with Gasteiger partial charge in [-0.1, -0.05) is 6.07 Å². The van der Waals surface area contributed by atoms with Gasteiger partial charge in [0.05, 0.1) is 6.33 Å².